The number of methoxy groups -OCH3 is 2. The van der Waals surface area contributed by atoms with Gasteiger partial charge in [0.1, 0.15) is 17.2 Å². The van der Waals surface area contributed by atoms with E-state index >= 15 is 0 Å². The molecule has 4 atom stereocenters. The maximum absolute atomic E-state index is 13.6. The lowest BCUT2D eigenvalue weighted by Crippen LogP contribution is -2.40. The fourth-order valence-corrected chi connectivity index (χ4v) is 6.55. The number of aromatic hydroxyl groups is 1. The summed E-state index contributed by atoms with van der Waals surface area (Å²) < 4.78 is 10.9. The number of imide groups is 1. The molecule has 10 heteroatoms. The molecule has 0 unspecified atom stereocenters. The van der Waals surface area contributed by atoms with Gasteiger partial charge < -0.3 is 19.7 Å². The number of carboxylic acid groups (broad SMARTS) is 1. The van der Waals surface area contributed by atoms with Crippen molar-refractivity contribution in [1.29, 1.82) is 0 Å². The molecule has 0 aromatic heterocycles. The number of likely N-dealkylation sites (tertiary alicyclic amines) is 1. The minimum absolute atomic E-state index is 0.00273. The summed E-state index contributed by atoms with van der Waals surface area (Å²) in [5.74, 6) is -4.87. The number of phenolic OH excluding ortho intramolecular Hbond substituents is 1. The number of amides is 2. The largest absolute Gasteiger partial charge is 0.507 e. The number of allylic oxidation sites excluding steroid dienone is 6. The van der Waals surface area contributed by atoms with Crippen molar-refractivity contribution in [3.63, 3.8) is 0 Å². The molecule has 1 fully saturated rings. The van der Waals surface area contributed by atoms with Gasteiger partial charge in [-0.05, 0) is 38.2 Å². The van der Waals surface area contributed by atoms with Crippen LogP contribution in [0.4, 0.5) is 0 Å². The first-order valence-electron chi connectivity index (χ1n) is 12.8. The van der Waals surface area contributed by atoms with Gasteiger partial charge in [-0.1, -0.05) is 11.6 Å². The Labute approximate surface area is 224 Å². The van der Waals surface area contributed by atoms with E-state index in [4.69, 9.17) is 14.6 Å². The average molecular weight is 536 g/mol. The van der Waals surface area contributed by atoms with E-state index in [9.17, 15) is 29.1 Å². The van der Waals surface area contributed by atoms with Gasteiger partial charge in [0.15, 0.2) is 11.6 Å². The lowest BCUT2D eigenvalue weighted by Gasteiger charge is -2.42. The quantitative estimate of drug-likeness (QED) is 0.305. The molecule has 1 aromatic rings. The molecular weight excluding hydrogens is 506 g/mol. The summed E-state index contributed by atoms with van der Waals surface area (Å²) in [6.45, 7) is 1.57. The molecule has 39 heavy (non-hydrogen) atoms. The summed E-state index contributed by atoms with van der Waals surface area (Å²) in [4.78, 5) is 65.8. The van der Waals surface area contributed by atoms with Crippen LogP contribution in [-0.4, -0.2) is 65.2 Å². The van der Waals surface area contributed by atoms with Gasteiger partial charge in [0.05, 0.1) is 26.1 Å². The van der Waals surface area contributed by atoms with Crippen LogP contribution in [0.15, 0.2) is 46.6 Å². The smallest absolute Gasteiger partial charge is 0.303 e. The molecule has 4 aliphatic rings. The average Bonchev–Trinajstić information content (AvgIpc) is 3.15. The molecule has 1 aromatic carbocycles. The standard InChI is InChI=1S/C29H29NO9/c1-13-9-19(31)24-18(27(13)35)12-17-15(25(24)26-20(32)10-14(38-2)11-21(26)39-3)6-7-16-23(17)29(37)30(28(16)36)8-4-5-22(33)34/h6,9-11,16-17,23,25,32H,4-5,7-8,12H2,1-3H3,(H,33,34)/t16-,17+,23-,25-/m0/s1. The molecule has 1 saturated heterocycles. The Hall–Kier alpha value is -4.21. The van der Waals surface area contributed by atoms with Crippen molar-refractivity contribution in [3.8, 4) is 17.2 Å². The van der Waals surface area contributed by atoms with Gasteiger partial charge >= 0.3 is 5.97 Å². The second-order valence-corrected chi connectivity index (χ2v) is 10.3. The number of nitrogens with zero attached hydrogens (tertiary/aromatic N) is 1. The molecular formula is C29H29NO9. The van der Waals surface area contributed by atoms with Crippen molar-refractivity contribution in [2.45, 2.75) is 38.5 Å². The van der Waals surface area contributed by atoms with Crippen LogP contribution < -0.4 is 9.47 Å². The normalized spacial score (nSPS) is 26.1. The van der Waals surface area contributed by atoms with E-state index in [1.165, 1.54) is 26.4 Å². The van der Waals surface area contributed by atoms with Crippen molar-refractivity contribution in [1.82, 2.24) is 4.90 Å². The maximum Gasteiger partial charge on any atom is 0.303 e. The Morgan fingerprint density at radius 2 is 1.82 bits per heavy atom. The molecule has 2 N–H and O–H groups in total. The van der Waals surface area contributed by atoms with Gasteiger partial charge in [0.2, 0.25) is 11.8 Å². The van der Waals surface area contributed by atoms with Crippen molar-refractivity contribution in [2.75, 3.05) is 20.8 Å². The molecule has 0 radical (unpaired) electrons. The zero-order valence-corrected chi connectivity index (χ0v) is 21.9. The molecule has 0 spiro atoms. The number of Topliss-reactive ketones (excluding diaryl/α,β-unsaturated/α-hetero) is 1. The Morgan fingerprint density at radius 1 is 1.08 bits per heavy atom. The summed E-state index contributed by atoms with van der Waals surface area (Å²) in [7, 11) is 2.86. The van der Waals surface area contributed by atoms with Crippen LogP contribution in [-0.2, 0) is 24.0 Å². The first-order chi connectivity index (χ1) is 18.6. The third kappa shape index (κ3) is 4.14. The number of benzene rings is 1. The zero-order chi connectivity index (χ0) is 28.2. The van der Waals surface area contributed by atoms with Gasteiger partial charge in [-0.15, -0.1) is 0 Å². The summed E-state index contributed by atoms with van der Waals surface area (Å²) in [6, 6.07) is 2.98. The van der Waals surface area contributed by atoms with Crippen LogP contribution in [0.1, 0.15) is 44.1 Å². The first kappa shape index (κ1) is 26.4. The van der Waals surface area contributed by atoms with E-state index in [1.54, 1.807) is 13.0 Å². The number of aliphatic carboxylic acids is 1. The monoisotopic (exact) mass is 535 g/mol. The first-order valence-corrected chi connectivity index (χ1v) is 12.8. The number of fused-ring (bicyclic) bond motifs is 3. The van der Waals surface area contributed by atoms with Gasteiger partial charge in [-0.3, -0.25) is 28.9 Å². The topological polar surface area (TPSA) is 148 Å². The second kappa shape index (κ2) is 9.83. The minimum atomic E-state index is -1.01. The molecule has 1 heterocycles. The van der Waals surface area contributed by atoms with Gasteiger partial charge in [0, 0.05) is 53.3 Å². The van der Waals surface area contributed by atoms with E-state index in [-0.39, 0.29) is 83.5 Å². The number of carbonyl (C=O) groups excluding carboxylic acids is 4. The molecule has 5 rings (SSSR count). The number of ketones is 2. The number of carboxylic acids is 1. The molecule has 10 nitrogen and oxygen atoms in total. The molecule has 2 amide bonds. The van der Waals surface area contributed by atoms with Crippen molar-refractivity contribution >= 4 is 29.4 Å². The highest BCUT2D eigenvalue weighted by atomic mass is 16.5. The third-order valence-electron chi connectivity index (χ3n) is 8.26. The number of rotatable bonds is 7. The second-order valence-electron chi connectivity index (χ2n) is 10.3. The fraction of sp³-hybridized carbons (Fsp3) is 0.414. The highest BCUT2D eigenvalue weighted by Gasteiger charge is 2.56. The van der Waals surface area contributed by atoms with E-state index < -0.39 is 35.5 Å². The number of carbonyl (C=O) groups is 5. The highest BCUT2D eigenvalue weighted by Crippen LogP contribution is 2.57. The summed E-state index contributed by atoms with van der Waals surface area (Å²) in [5.41, 5.74) is 1.75. The Bertz CT molecular complexity index is 1420. The summed E-state index contributed by atoms with van der Waals surface area (Å²) in [5, 5.41) is 20.1. The lowest BCUT2D eigenvalue weighted by molar-refractivity contribution is -0.142. The van der Waals surface area contributed by atoms with E-state index in [0.717, 1.165) is 4.90 Å². The van der Waals surface area contributed by atoms with Gasteiger partial charge in [0.25, 0.3) is 0 Å². The van der Waals surface area contributed by atoms with Crippen LogP contribution in [0.5, 0.6) is 17.2 Å². The predicted molar refractivity (Wildman–Crippen MR) is 136 cm³/mol. The molecule has 204 valence electrons. The Morgan fingerprint density at radius 3 is 2.49 bits per heavy atom. The molecule has 3 aliphatic carbocycles. The summed E-state index contributed by atoms with van der Waals surface area (Å²) >= 11 is 0. The van der Waals surface area contributed by atoms with E-state index in [1.807, 2.05) is 6.08 Å². The highest BCUT2D eigenvalue weighted by molar-refractivity contribution is 6.23. The lowest BCUT2D eigenvalue weighted by atomic mass is 9.59. The van der Waals surface area contributed by atoms with Gasteiger partial charge in [-0.2, -0.15) is 0 Å². The van der Waals surface area contributed by atoms with Crippen molar-refractivity contribution in [3.05, 3.63) is 52.1 Å². The van der Waals surface area contributed by atoms with Crippen molar-refractivity contribution in [2.24, 2.45) is 17.8 Å². The fourth-order valence-electron chi connectivity index (χ4n) is 6.55. The maximum atomic E-state index is 13.6. The van der Waals surface area contributed by atoms with Gasteiger partial charge in [-0.25, -0.2) is 0 Å². The summed E-state index contributed by atoms with van der Waals surface area (Å²) in [6.07, 6.45) is 3.46. The van der Waals surface area contributed by atoms with E-state index in [2.05, 4.69) is 0 Å². The zero-order valence-electron chi connectivity index (χ0n) is 21.9. The number of phenols is 1. The SMILES string of the molecule is COc1cc(O)c([C@H]2C3=CC[C@@H]4C(=O)N(CCCC(=O)O)C(=O)[C@@H]4[C@@H]3CC3=C2C(=O)C=C(C)C3=O)c(OC)c1. The van der Waals surface area contributed by atoms with Crippen LogP contribution in [0.2, 0.25) is 0 Å². The Kier molecular flexibility index (Phi) is 6.65. The van der Waals surface area contributed by atoms with Crippen LogP contribution in [0, 0.1) is 17.8 Å². The predicted octanol–water partition coefficient (Wildman–Crippen LogP) is 2.70. The number of hydrogen-bond acceptors (Lipinski definition) is 8. The van der Waals surface area contributed by atoms with Crippen LogP contribution in [0.25, 0.3) is 0 Å². The Balaban J connectivity index is 1.64. The number of ether oxygens (including phenoxy) is 2. The van der Waals surface area contributed by atoms with Crippen LogP contribution in [0.3, 0.4) is 0 Å². The van der Waals surface area contributed by atoms with E-state index in [0.29, 0.717) is 11.3 Å². The van der Waals surface area contributed by atoms with Crippen molar-refractivity contribution < 1.29 is 43.7 Å². The molecule has 1 aliphatic heterocycles. The minimum Gasteiger partial charge on any atom is -0.507 e. The molecule has 0 bridgehead atoms. The van der Waals surface area contributed by atoms with Crippen LogP contribution >= 0.6 is 0 Å². The molecule has 0 saturated carbocycles. The number of hydrogen-bond donors (Lipinski definition) is 2. The third-order valence-corrected chi connectivity index (χ3v) is 8.26.